The van der Waals surface area contributed by atoms with E-state index in [1.165, 1.54) is 18.3 Å². The average molecular weight is 338 g/mol. The summed E-state index contributed by atoms with van der Waals surface area (Å²) in [6.07, 6.45) is 1.27. The first-order chi connectivity index (χ1) is 10.6. The number of carbonyl (C=O) groups is 1. The van der Waals surface area contributed by atoms with Crippen LogP contribution in [-0.2, 0) is 4.79 Å². The van der Waals surface area contributed by atoms with E-state index in [4.69, 9.17) is 23.2 Å². The van der Waals surface area contributed by atoms with Gasteiger partial charge in [-0.25, -0.2) is 5.43 Å². The number of hydrogen-bond acceptors (Lipinski definition) is 4. The van der Waals surface area contributed by atoms with Crippen LogP contribution in [0.5, 0.6) is 5.75 Å². The van der Waals surface area contributed by atoms with Gasteiger partial charge in [-0.3, -0.25) is 4.79 Å². The fourth-order valence-electron chi connectivity index (χ4n) is 1.64. The van der Waals surface area contributed by atoms with Gasteiger partial charge in [0.1, 0.15) is 5.75 Å². The molecule has 0 atom stereocenters. The molecule has 0 bridgehead atoms. The van der Waals surface area contributed by atoms with Crippen molar-refractivity contribution in [2.24, 2.45) is 5.10 Å². The van der Waals surface area contributed by atoms with Crippen molar-refractivity contribution in [1.82, 2.24) is 5.43 Å². The maximum absolute atomic E-state index is 11.6. The van der Waals surface area contributed by atoms with Crippen molar-refractivity contribution in [3.8, 4) is 5.75 Å². The summed E-state index contributed by atoms with van der Waals surface area (Å²) < 4.78 is 0. The summed E-state index contributed by atoms with van der Waals surface area (Å²) in [5.74, 6) is -0.473. The predicted molar refractivity (Wildman–Crippen MR) is 88.8 cm³/mol. The molecule has 5 nitrogen and oxygen atoms in total. The number of nitrogens with one attached hydrogen (secondary N) is 2. The number of carbonyl (C=O) groups excluding carboxylic acids is 1. The van der Waals surface area contributed by atoms with Gasteiger partial charge in [-0.2, -0.15) is 5.10 Å². The molecule has 114 valence electrons. The minimum atomic E-state index is -0.326. The van der Waals surface area contributed by atoms with Crippen LogP contribution < -0.4 is 10.7 Å². The van der Waals surface area contributed by atoms with Crippen molar-refractivity contribution < 1.29 is 9.90 Å². The molecule has 22 heavy (non-hydrogen) atoms. The molecule has 2 rings (SSSR count). The second kappa shape index (κ2) is 7.68. The number of hydrogen-bond donors (Lipinski definition) is 3. The van der Waals surface area contributed by atoms with Crippen LogP contribution in [0.25, 0.3) is 0 Å². The zero-order valence-electron chi connectivity index (χ0n) is 11.4. The third-order valence-electron chi connectivity index (χ3n) is 2.68. The Hall–Kier alpha value is -2.24. The van der Waals surface area contributed by atoms with Crippen molar-refractivity contribution in [1.29, 1.82) is 0 Å². The van der Waals surface area contributed by atoms with Crippen LogP contribution >= 0.6 is 23.2 Å². The summed E-state index contributed by atoms with van der Waals surface area (Å²) in [5.41, 5.74) is 3.49. The lowest BCUT2D eigenvalue weighted by molar-refractivity contribution is -0.119. The number of aromatic hydroxyl groups is 1. The molecule has 1 amide bonds. The smallest absolute Gasteiger partial charge is 0.259 e. The van der Waals surface area contributed by atoms with E-state index in [0.717, 1.165) is 5.69 Å². The number of amides is 1. The highest BCUT2D eigenvalue weighted by atomic mass is 35.5. The highest BCUT2D eigenvalue weighted by Gasteiger charge is 2.06. The second-order valence-electron chi connectivity index (χ2n) is 4.34. The molecule has 2 aromatic rings. The molecule has 0 radical (unpaired) electrons. The van der Waals surface area contributed by atoms with Gasteiger partial charge in [0.25, 0.3) is 5.91 Å². The van der Waals surface area contributed by atoms with Crippen LogP contribution in [0.15, 0.2) is 47.6 Å². The largest absolute Gasteiger partial charge is 0.506 e. The summed E-state index contributed by atoms with van der Waals surface area (Å²) in [5, 5.41) is 16.9. The zero-order chi connectivity index (χ0) is 15.9. The Labute approximate surface area is 137 Å². The normalized spacial score (nSPS) is 10.6. The predicted octanol–water partition coefficient (Wildman–Crippen LogP) is 3.26. The van der Waals surface area contributed by atoms with Gasteiger partial charge in [-0.1, -0.05) is 41.4 Å². The van der Waals surface area contributed by atoms with E-state index in [0.29, 0.717) is 10.6 Å². The average Bonchev–Trinajstić information content (AvgIpc) is 2.51. The Morgan fingerprint density at radius 3 is 2.68 bits per heavy atom. The first-order valence-corrected chi connectivity index (χ1v) is 7.10. The summed E-state index contributed by atoms with van der Waals surface area (Å²) in [6, 6.07) is 12.2. The summed E-state index contributed by atoms with van der Waals surface area (Å²) in [6.45, 7) is 0.0731. The fraction of sp³-hybridized carbons (Fsp3) is 0.0667. The van der Waals surface area contributed by atoms with Crippen LogP contribution in [0.3, 0.4) is 0 Å². The molecule has 0 aliphatic carbocycles. The number of phenolic OH excluding ortho intramolecular Hbond substituents is 1. The first kappa shape index (κ1) is 16.1. The number of nitrogens with zero attached hydrogens (tertiary/aromatic N) is 1. The van der Waals surface area contributed by atoms with E-state index >= 15 is 0 Å². The van der Waals surface area contributed by atoms with Crippen molar-refractivity contribution in [2.45, 2.75) is 0 Å². The highest BCUT2D eigenvalue weighted by Crippen LogP contribution is 2.29. The van der Waals surface area contributed by atoms with Crippen LogP contribution in [-0.4, -0.2) is 23.8 Å². The molecule has 0 heterocycles. The molecule has 0 aliphatic rings. The number of rotatable bonds is 5. The van der Waals surface area contributed by atoms with E-state index in [9.17, 15) is 9.90 Å². The molecule has 0 saturated heterocycles. The lowest BCUT2D eigenvalue weighted by atomic mass is 10.2. The quantitative estimate of drug-likeness (QED) is 0.579. The Morgan fingerprint density at radius 1 is 1.23 bits per heavy atom. The maximum atomic E-state index is 11.6. The number of anilines is 1. The van der Waals surface area contributed by atoms with Gasteiger partial charge in [0, 0.05) is 16.3 Å². The third kappa shape index (κ3) is 4.65. The van der Waals surface area contributed by atoms with Crippen LogP contribution in [0.1, 0.15) is 5.56 Å². The molecule has 0 spiro atoms. The number of para-hydroxylation sites is 1. The molecular weight excluding hydrogens is 325 g/mol. The zero-order valence-corrected chi connectivity index (χ0v) is 12.9. The molecule has 7 heteroatoms. The van der Waals surface area contributed by atoms with Gasteiger partial charge < -0.3 is 10.4 Å². The van der Waals surface area contributed by atoms with E-state index in [1.807, 2.05) is 30.3 Å². The van der Waals surface area contributed by atoms with Gasteiger partial charge in [0.2, 0.25) is 0 Å². The van der Waals surface area contributed by atoms with Gasteiger partial charge in [0.05, 0.1) is 17.8 Å². The molecule has 2 aromatic carbocycles. The van der Waals surface area contributed by atoms with Crippen LogP contribution in [0.2, 0.25) is 10.0 Å². The molecule has 0 saturated carbocycles. The minimum Gasteiger partial charge on any atom is -0.506 e. The van der Waals surface area contributed by atoms with Crippen LogP contribution in [0, 0.1) is 0 Å². The van der Waals surface area contributed by atoms with Crippen molar-refractivity contribution >= 4 is 41.0 Å². The minimum absolute atomic E-state index is 0.0731. The molecule has 0 fully saturated rings. The number of hydrazone groups is 1. The summed E-state index contributed by atoms with van der Waals surface area (Å²) >= 11 is 11.6. The number of halogens is 2. The topological polar surface area (TPSA) is 73.7 Å². The molecule has 0 aromatic heterocycles. The Morgan fingerprint density at radius 2 is 1.95 bits per heavy atom. The monoisotopic (exact) mass is 337 g/mol. The SMILES string of the molecule is O=C(CNc1ccccc1)N/N=C/c1cc(Cl)cc(Cl)c1O. The summed E-state index contributed by atoms with van der Waals surface area (Å²) in [7, 11) is 0. The van der Waals surface area contributed by atoms with Crippen molar-refractivity contribution in [2.75, 3.05) is 11.9 Å². The standard InChI is InChI=1S/C15H13Cl2N3O2/c16-11-6-10(15(22)13(17)7-11)8-19-20-14(21)9-18-12-4-2-1-3-5-12/h1-8,18,22H,9H2,(H,20,21)/b19-8+. The molecule has 0 aliphatic heterocycles. The van der Waals surface area contributed by atoms with Crippen LogP contribution in [0.4, 0.5) is 5.69 Å². The van der Waals surface area contributed by atoms with Gasteiger partial charge in [0.15, 0.2) is 0 Å². The maximum Gasteiger partial charge on any atom is 0.259 e. The van der Waals surface area contributed by atoms with E-state index in [1.54, 1.807) is 0 Å². The van der Waals surface area contributed by atoms with E-state index in [-0.39, 0.29) is 23.2 Å². The first-order valence-electron chi connectivity index (χ1n) is 6.35. The van der Waals surface area contributed by atoms with Gasteiger partial charge in [-0.15, -0.1) is 0 Å². The Balaban J connectivity index is 1.88. The second-order valence-corrected chi connectivity index (χ2v) is 5.18. The molecular formula is C15H13Cl2N3O2. The van der Waals surface area contributed by atoms with E-state index < -0.39 is 0 Å². The number of phenols is 1. The Bertz CT molecular complexity index is 691. The van der Waals surface area contributed by atoms with Crippen molar-refractivity contribution in [3.05, 3.63) is 58.1 Å². The van der Waals surface area contributed by atoms with Crippen molar-refractivity contribution in [3.63, 3.8) is 0 Å². The van der Waals surface area contributed by atoms with Gasteiger partial charge in [-0.05, 0) is 24.3 Å². The van der Waals surface area contributed by atoms with E-state index in [2.05, 4.69) is 15.8 Å². The third-order valence-corrected chi connectivity index (χ3v) is 3.18. The number of benzene rings is 2. The fourth-order valence-corrected chi connectivity index (χ4v) is 2.15. The Kier molecular flexibility index (Phi) is 5.63. The lowest BCUT2D eigenvalue weighted by Crippen LogP contribution is -2.25. The molecule has 3 N–H and O–H groups in total. The molecule has 0 unspecified atom stereocenters. The lowest BCUT2D eigenvalue weighted by Gasteiger charge is -2.05. The highest BCUT2D eigenvalue weighted by molar-refractivity contribution is 6.36. The van der Waals surface area contributed by atoms with Gasteiger partial charge >= 0.3 is 0 Å². The summed E-state index contributed by atoms with van der Waals surface area (Å²) in [4.78, 5) is 11.6.